The maximum Gasteiger partial charge on any atom is 0.270 e. The molecule has 140 valence electrons. The van der Waals surface area contributed by atoms with Crippen LogP contribution in [-0.4, -0.2) is 23.9 Å². The van der Waals surface area contributed by atoms with Gasteiger partial charge in [0.05, 0.1) is 24.3 Å². The number of amides is 1. The SMILES string of the molecule is COc1ccc(N2C(=O)/C(=C\c3ccc(OCC(C)C)cc3)SC2=S)cc1. The Morgan fingerprint density at radius 2 is 1.70 bits per heavy atom. The van der Waals surface area contributed by atoms with Gasteiger partial charge in [0.1, 0.15) is 11.5 Å². The van der Waals surface area contributed by atoms with Gasteiger partial charge in [0, 0.05) is 0 Å². The van der Waals surface area contributed by atoms with Crippen molar-refractivity contribution in [3.63, 3.8) is 0 Å². The first-order valence-corrected chi connectivity index (χ1v) is 9.85. The summed E-state index contributed by atoms with van der Waals surface area (Å²) in [6.45, 7) is 4.90. The molecule has 2 aromatic rings. The average Bonchev–Trinajstić information content (AvgIpc) is 2.94. The molecule has 1 aliphatic heterocycles. The van der Waals surface area contributed by atoms with Crippen molar-refractivity contribution in [1.82, 2.24) is 0 Å². The van der Waals surface area contributed by atoms with E-state index in [2.05, 4.69) is 13.8 Å². The molecule has 0 saturated carbocycles. The number of ether oxygens (including phenoxy) is 2. The molecule has 1 heterocycles. The molecule has 0 bridgehead atoms. The first-order valence-electron chi connectivity index (χ1n) is 8.63. The highest BCUT2D eigenvalue weighted by molar-refractivity contribution is 8.27. The number of thioether (sulfide) groups is 1. The third kappa shape index (κ3) is 4.70. The van der Waals surface area contributed by atoms with Gasteiger partial charge in [-0.05, 0) is 54.0 Å². The van der Waals surface area contributed by atoms with Crippen LogP contribution >= 0.6 is 24.0 Å². The van der Waals surface area contributed by atoms with E-state index in [0.717, 1.165) is 22.7 Å². The second kappa shape index (κ2) is 8.59. The first kappa shape index (κ1) is 19.5. The van der Waals surface area contributed by atoms with Crippen LogP contribution in [0.4, 0.5) is 5.69 Å². The molecule has 0 N–H and O–H groups in total. The van der Waals surface area contributed by atoms with Crippen LogP contribution in [0.1, 0.15) is 19.4 Å². The number of benzene rings is 2. The van der Waals surface area contributed by atoms with Gasteiger partial charge in [-0.2, -0.15) is 0 Å². The van der Waals surface area contributed by atoms with Gasteiger partial charge in [0.25, 0.3) is 5.91 Å². The van der Waals surface area contributed by atoms with Gasteiger partial charge in [-0.25, -0.2) is 0 Å². The fourth-order valence-electron chi connectivity index (χ4n) is 2.50. The number of carbonyl (C=O) groups is 1. The van der Waals surface area contributed by atoms with E-state index in [1.807, 2.05) is 54.6 Å². The van der Waals surface area contributed by atoms with Crippen LogP contribution in [0.5, 0.6) is 11.5 Å². The van der Waals surface area contributed by atoms with E-state index in [4.69, 9.17) is 21.7 Å². The molecule has 4 nitrogen and oxygen atoms in total. The first-order chi connectivity index (χ1) is 13.0. The van der Waals surface area contributed by atoms with Gasteiger partial charge in [-0.3, -0.25) is 9.69 Å². The zero-order valence-electron chi connectivity index (χ0n) is 15.5. The monoisotopic (exact) mass is 399 g/mol. The fourth-order valence-corrected chi connectivity index (χ4v) is 3.80. The Kier molecular flexibility index (Phi) is 6.19. The largest absolute Gasteiger partial charge is 0.497 e. The van der Waals surface area contributed by atoms with Crippen molar-refractivity contribution in [3.05, 3.63) is 59.0 Å². The Balaban J connectivity index is 1.75. The summed E-state index contributed by atoms with van der Waals surface area (Å²) in [5, 5.41) is 0. The highest BCUT2D eigenvalue weighted by atomic mass is 32.2. The van der Waals surface area contributed by atoms with Crippen LogP contribution in [-0.2, 0) is 4.79 Å². The van der Waals surface area contributed by atoms with Crippen LogP contribution in [0.2, 0.25) is 0 Å². The molecule has 0 radical (unpaired) electrons. The van der Waals surface area contributed by atoms with Crippen molar-refractivity contribution in [3.8, 4) is 11.5 Å². The summed E-state index contributed by atoms with van der Waals surface area (Å²) >= 11 is 6.72. The number of hydrogen-bond acceptors (Lipinski definition) is 5. The summed E-state index contributed by atoms with van der Waals surface area (Å²) in [5.74, 6) is 1.92. The molecule has 0 aromatic heterocycles. The standard InChI is InChI=1S/C21H21NO3S2/c1-14(2)13-25-18-8-4-15(5-9-18)12-19-20(23)22(21(26)27-19)16-6-10-17(24-3)11-7-16/h4-12,14H,13H2,1-3H3/b19-12+. The number of rotatable bonds is 6. The summed E-state index contributed by atoms with van der Waals surface area (Å²) in [5.41, 5.74) is 1.67. The Morgan fingerprint density at radius 3 is 2.30 bits per heavy atom. The smallest absolute Gasteiger partial charge is 0.270 e. The highest BCUT2D eigenvalue weighted by Gasteiger charge is 2.33. The van der Waals surface area contributed by atoms with Gasteiger partial charge >= 0.3 is 0 Å². The molecule has 1 fully saturated rings. The molecular weight excluding hydrogens is 378 g/mol. The Bertz CT molecular complexity index is 858. The molecule has 0 unspecified atom stereocenters. The molecule has 3 rings (SSSR count). The van der Waals surface area contributed by atoms with Crippen LogP contribution in [0.3, 0.4) is 0 Å². The lowest BCUT2D eigenvalue weighted by Crippen LogP contribution is -2.27. The molecular formula is C21H21NO3S2. The van der Waals surface area contributed by atoms with Gasteiger partial charge < -0.3 is 9.47 Å². The molecule has 1 aliphatic rings. The van der Waals surface area contributed by atoms with E-state index in [1.165, 1.54) is 11.8 Å². The summed E-state index contributed by atoms with van der Waals surface area (Å²) in [4.78, 5) is 15.0. The van der Waals surface area contributed by atoms with E-state index in [1.54, 1.807) is 12.0 Å². The van der Waals surface area contributed by atoms with Crippen molar-refractivity contribution < 1.29 is 14.3 Å². The van der Waals surface area contributed by atoms with E-state index in [9.17, 15) is 4.79 Å². The molecule has 0 spiro atoms. The number of anilines is 1. The number of methoxy groups -OCH3 is 1. The maximum absolute atomic E-state index is 12.8. The van der Waals surface area contributed by atoms with Crippen molar-refractivity contribution in [2.45, 2.75) is 13.8 Å². The number of nitrogens with zero attached hydrogens (tertiary/aromatic N) is 1. The topological polar surface area (TPSA) is 38.8 Å². The van der Waals surface area contributed by atoms with Crippen LogP contribution in [0, 0.1) is 5.92 Å². The van der Waals surface area contributed by atoms with E-state index >= 15 is 0 Å². The maximum atomic E-state index is 12.8. The van der Waals surface area contributed by atoms with Crippen molar-refractivity contribution in [2.75, 3.05) is 18.6 Å². The molecule has 1 amide bonds. The van der Waals surface area contributed by atoms with E-state index < -0.39 is 0 Å². The van der Waals surface area contributed by atoms with Gasteiger partial charge in [-0.1, -0.05) is 50.0 Å². The Labute approximate surface area is 169 Å². The van der Waals surface area contributed by atoms with Gasteiger partial charge in [0.15, 0.2) is 4.32 Å². The second-order valence-corrected chi connectivity index (χ2v) is 8.16. The van der Waals surface area contributed by atoms with Gasteiger partial charge in [0.2, 0.25) is 0 Å². The summed E-state index contributed by atoms with van der Waals surface area (Å²) in [6.07, 6.45) is 1.86. The van der Waals surface area contributed by atoms with Crippen molar-refractivity contribution >= 4 is 46.0 Å². The number of carbonyl (C=O) groups excluding carboxylic acids is 1. The normalized spacial score (nSPS) is 15.7. The molecule has 2 aromatic carbocycles. The summed E-state index contributed by atoms with van der Waals surface area (Å²) in [7, 11) is 1.61. The van der Waals surface area contributed by atoms with Crippen LogP contribution < -0.4 is 14.4 Å². The minimum atomic E-state index is -0.115. The minimum absolute atomic E-state index is 0.115. The Hall–Kier alpha value is -2.31. The third-order valence-corrected chi connectivity index (χ3v) is 5.19. The lowest BCUT2D eigenvalue weighted by molar-refractivity contribution is -0.113. The Morgan fingerprint density at radius 1 is 1.07 bits per heavy atom. The lowest BCUT2D eigenvalue weighted by atomic mass is 10.2. The van der Waals surface area contributed by atoms with E-state index in [0.29, 0.717) is 21.8 Å². The van der Waals surface area contributed by atoms with Crippen molar-refractivity contribution in [1.29, 1.82) is 0 Å². The summed E-state index contributed by atoms with van der Waals surface area (Å²) in [6, 6.07) is 15.0. The predicted octanol–water partition coefficient (Wildman–Crippen LogP) is 5.14. The average molecular weight is 400 g/mol. The highest BCUT2D eigenvalue weighted by Crippen LogP contribution is 2.36. The molecule has 0 aliphatic carbocycles. The lowest BCUT2D eigenvalue weighted by Gasteiger charge is -2.14. The second-order valence-electron chi connectivity index (χ2n) is 6.49. The minimum Gasteiger partial charge on any atom is -0.497 e. The third-order valence-electron chi connectivity index (χ3n) is 3.89. The van der Waals surface area contributed by atoms with Crippen molar-refractivity contribution in [2.24, 2.45) is 5.92 Å². The van der Waals surface area contributed by atoms with Crippen LogP contribution in [0.15, 0.2) is 53.4 Å². The summed E-state index contributed by atoms with van der Waals surface area (Å²) < 4.78 is 11.4. The predicted molar refractivity (Wildman–Crippen MR) is 115 cm³/mol. The molecule has 27 heavy (non-hydrogen) atoms. The molecule has 1 saturated heterocycles. The number of hydrogen-bond donors (Lipinski definition) is 0. The van der Waals surface area contributed by atoms with Gasteiger partial charge in [-0.15, -0.1) is 0 Å². The zero-order chi connectivity index (χ0) is 19.4. The number of thiocarbonyl (C=S) groups is 1. The molecule has 0 atom stereocenters. The van der Waals surface area contributed by atoms with E-state index in [-0.39, 0.29) is 5.91 Å². The molecule has 6 heteroatoms. The quantitative estimate of drug-likeness (QED) is 0.497. The van der Waals surface area contributed by atoms with Crippen LogP contribution in [0.25, 0.3) is 6.08 Å². The zero-order valence-corrected chi connectivity index (χ0v) is 17.1. The fraction of sp³-hybridized carbons (Fsp3) is 0.238.